The quantitative estimate of drug-likeness (QED) is 0.480. The molecule has 0 aromatic heterocycles. The van der Waals surface area contributed by atoms with Gasteiger partial charge in [-0.05, 0) is 48.9 Å². The molecule has 0 N–H and O–H groups in total. The molecule has 0 unspecified atom stereocenters. The minimum Gasteiger partial charge on any atom is -0.462 e. The molecule has 6 nitrogen and oxygen atoms in total. The fourth-order valence-corrected chi connectivity index (χ4v) is 3.64. The van der Waals surface area contributed by atoms with Gasteiger partial charge in [0, 0.05) is 22.3 Å². The van der Waals surface area contributed by atoms with E-state index >= 15 is 0 Å². The van der Waals surface area contributed by atoms with Crippen molar-refractivity contribution in [2.45, 2.75) is 13.8 Å². The van der Waals surface area contributed by atoms with Crippen LogP contribution in [0.2, 0.25) is 0 Å². The van der Waals surface area contributed by atoms with Crippen molar-refractivity contribution in [3.05, 3.63) is 81.9 Å². The number of ketones is 2. The van der Waals surface area contributed by atoms with Crippen LogP contribution in [0.25, 0.3) is 10.8 Å². The van der Waals surface area contributed by atoms with Crippen LogP contribution in [0.15, 0.2) is 48.5 Å². The van der Waals surface area contributed by atoms with Crippen LogP contribution in [0.1, 0.15) is 66.4 Å². The SMILES string of the molecule is CCOC(=O)c1cc2c(cc1C(=O)OCC)C(=O)c1cc3ccccc3cc1C2=O. The van der Waals surface area contributed by atoms with Gasteiger partial charge in [0.15, 0.2) is 11.6 Å². The van der Waals surface area contributed by atoms with E-state index in [0.29, 0.717) is 0 Å². The Balaban J connectivity index is 1.94. The highest BCUT2D eigenvalue weighted by atomic mass is 16.5. The average molecular weight is 402 g/mol. The summed E-state index contributed by atoms with van der Waals surface area (Å²) in [5.74, 6) is -2.28. The number of carbonyl (C=O) groups is 4. The topological polar surface area (TPSA) is 86.7 Å². The van der Waals surface area contributed by atoms with Crippen LogP contribution in [0.3, 0.4) is 0 Å². The first-order valence-electron chi connectivity index (χ1n) is 9.60. The maximum Gasteiger partial charge on any atom is 0.339 e. The van der Waals surface area contributed by atoms with E-state index in [1.807, 2.05) is 24.3 Å². The van der Waals surface area contributed by atoms with E-state index in [1.165, 1.54) is 12.1 Å². The third-order valence-electron chi connectivity index (χ3n) is 5.01. The Kier molecular flexibility index (Phi) is 4.91. The summed E-state index contributed by atoms with van der Waals surface area (Å²) in [5, 5.41) is 1.66. The van der Waals surface area contributed by atoms with Crippen LogP contribution >= 0.6 is 0 Å². The molecule has 1 aliphatic rings. The van der Waals surface area contributed by atoms with E-state index in [1.54, 1.807) is 26.0 Å². The zero-order valence-corrected chi connectivity index (χ0v) is 16.5. The number of carbonyl (C=O) groups excluding carboxylic acids is 4. The van der Waals surface area contributed by atoms with Crippen LogP contribution < -0.4 is 0 Å². The molecule has 3 aromatic carbocycles. The number of benzene rings is 3. The molecule has 0 fully saturated rings. The van der Waals surface area contributed by atoms with Crippen LogP contribution in [-0.4, -0.2) is 36.7 Å². The second-order valence-electron chi connectivity index (χ2n) is 6.79. The second kappa shape index (κ2) is 7.55. The molecule has 0 saturated carbocycles. The highest BCUT2D eigenvalue weighted by Gasteiger charge is 2.33. The smallest absolute Gasteiger partial charge is 0.339 e. The molecule has 0 spiro atoms. The third-order valence-corrected chi connectivity index (χ3v) is 5.01. The van der Waals surface area contributed by atoms with Gasteiger partial charge in [-0.15, -0.1) is 0 Å². The van der Waals surface area contributed by atoms with Gasteiger partial charge in [-0.1, -0.05) is 24.3 Å². The Hall–Kier alpha value is -3.80. The van der Waals surface area contributed by atoms with E-state index in [4.69, 9.17) is 9.47 Å². The first-order chi connectivity index (χ1) is 14.5. The average Bonchev–Trinajstić information content (AvgIpc) is 2.76. The highest BCUT2D eigenvalue weighted by Crippen LogP contribution is 2.32. The Morgan fingerprint density at radius 3 is 1.40 bits per heavy atom. The summed E-state index contributed by atoms with van der Waals surface area (Å²) in [5.41, 5.74) is 0.478. The molecule has 0 bridgehead atoms. The summed E-state index contributed by atoms with van der Waals surface area (Å²) in [6, 6.07) is 13.3. The minimum atomic E-state index is -0.757. The number of ether oxygens (including phenoxy) is 2. The van der Waals surface area contributed by atoms with Gasteiger partial charge in [0.2, 0.25) is 0 Å². The summed E-state index contributed by atoms with van der Waals surface area (Å²) < 4.78 is 10.1. The predicted octanol–water partition coefficient (Wildman–Crippen LogP) is 3.97. The molecule has 0 amide bonds. The first kappa shape index (κ1) is 19.5. The van der Waals surface area contributed by atoms with Gasteiger partial charge >= 0.3 is 11.9 Å². The van der Waals surface area contributed by atoms with E-state index in [-0.39, 0.29) is 58.2 Å². The van der Waals surface area contributed by atoms with Crippen molar-refractivity contribution >= 4 is 34.3 Å². The molecule has 0 radical (unpaired) electrons. The Labute approximate surface area is 172 Å². The molecule has 1 aliphatic carbocycles. The molecule has 0 atom stereocenters. The van der Waals surface area contributed by atoms with Gasteiger partial charge in [-0.3, -0.25) is 9.59 Å². The van der Waals surface area contributed by atoms with Gasteiger partial charge in [-0.2, -0.15) is 0 Å². The second-order valence-corrected chi connectivity index (χ2v) is 6.79. The lowest BCUT2D eigenvalue weighted by Crippen LogP contribution is -2.24. The number of rotatable bonds is 4. The predicted molar refractivity (Wildman–Crippen MR) is 109 cm³/mol. The van der Waals surface area contributed by atoms with Crippen molar-refractivity contribution in [3.63, 3.8) is 0 Å². The van der Waals surface area contributed by atoms with E-state index < -0.39 is 11.9 Å². The van der Waals surface area contributed by atoms with E-state index in [0.717, 1.165) is 10.8 Å². The van der Waals surface area contributed by atoms with Crippen LogP contribution in [-0.2, 0) is 9.47 Å². The Morgan fingerprint density at radius 2 is 1.03 bits per heavy atom. The highest BCUT2D eigenvalue weighted by molar-refractivity contribution is 6.30. The molecule has 0 saturated heterocycles. The normalized spacial score (nSPS) is 12.3. The van der Waals surface area contributed by atoms with Crippen LogP contribution in [0, 0.1) is 0 Å². The summed E-state index contributed by atoms with van der Waals surface area (Å²) in [7, 11) is 0. The standard InChI is InChI=1S/C24H18O6/c1-3-29-23(27)19-11-17-18(12-20(19)24(28)30-4-2)22(26)16-10-14-8-6-5-7-13(14)9-15(16)21(17)25/h5-12H,3-4H2,1-2H3. The zero-order valence-electron chi connectivity index (χ0n) is 16.5. The fraction of sp³-hybridized carbons (Fsp3) is 0.167. The van der Waals surface area contributed by atoms with Gasteiger partial charge in [-0.25, -0.2) is 9.59 Å². The van der Waals surface area contributed by atoms with Crippen molar-refractivity contribution in [2.75, 3.05) is 13.2 Å². The van der Waals surface area contributed by atoms with Crippen LogP contribution in [0.4, 0.5) is 0 Å². The van der Waals surface area contributed by atoms with Gasteiger partial charge in [0.25, 0.3) is 0 Å². The molecular formula is C24H18O6. The molecule has 3 aromatic rings. The monoisotopic (exact) mass is 402 g/mol. The summed E-state index contributed by atoms with van der Waals surface area (Å²) in [6.07, 6.45) is 0. The molecule has 150 valence electrons. The molecule has 6 heteroatoms. The molecule has 30 heavy (non-hydrogen) atoms. The number of hydrogen-bond acceptors (Lipinski definition) is 6. The zero-order chi connectivity index (χ0) is 21.4. The maximum atomic E-state index is 13.2. The fourth-order valence-electron chi connectivity index (χ4n) is 3.64. The van der Waals surface area contributed by atoms with E-state index in [9.17, 15) is 19.2 Å². The largest absolute Gasteiger partial charge is 0.462 e. The maximum absolute atomic E-state index is 13.2. The van der Waals surface area contributed by atoms with Crippen LogP contribution in [0.5, 0.6) is 0 Å². The van der Waals surface area contributed by atoms with Crippen molar-refractivity contribution in [1.29, 1.82) is 0 Å². The van der Waals surface area contributed by atoms with Gasteiger partial charge in [0.1, 0.15) is 0 Å². The Bertz CT molecular complexity index is 1140. The first-order valence-corrected chi connectivity index (χ1v) is 9.60. The Morgan fingerprint density at radius 1 is 0.667 bits per heavy atom. The summed E-state index contributed by atoms with van der Waals surface area (Å²) >= 11 is 0. The van der Waals surface area contributed by atoms with Gasteiger partial charge in [0.05, 0.1) is 24.3 Å². The number of esters is 2. The summed E-state index contributed by atoms with van der Waals surface area (Å²) in [4.78, 5) is 51.3. The molecule has 0 aliphatic heterocycles. The van der Waals surface area contributed by atoms with Gasteiger partial charge < -0.3 is 9.47 Å². The minimum absolute atomic E-state index is 0.0684. The summed E-state index contributed by atoms with van der Waals surface area (Å²) in [6.45, 7) is 3.46. The van der Waals surface area contributed by atoms with E-state index in [2.05, 4.69) is 0 Å². The van der Waals surface area contributed by atoms with Crippen molar-refractivity contribution < 1.29 is 28.7 Å². The molecule has 0 heterocycles. The lowest BCUT2D eigenvalue weighted by atomic mass is 9.81. The van der Waals surface area contributed by atoms with Crippen molar-refractivity contribution in [2.24, 2.45) is 0 Å². The van der Waals surface area contributed by atoms with Crippen molar-refractivity contribution in [1.82, 2.24) is 0 Å². The lowest BCUT2D eigenvalue weighted by molar-refractivity contribution is 0.0478. The molecule has 4 rings (SSSR count). The lowest BCUT2D eigenvalue weighted by Gasteiger charge is -2.20. The number of fused-ring (bicyclic) bond motifs is 3. The van der Waals surface area contributed by atoms with Crippen molar-refractivity contribution in [3.8, 4) is 0 Å². The number of hydrogen-bond donors (Lipinski definition) is 0. The molecular weight excluding hydrogens is 384 g/mol. The third kappa shape index (κ3) is 3.06.